The van der Waals surface area contributed by atoms with Crippen molar-refractivity contribution in [2.24, 2.45) is 4.99 Å². The van der Waals surface area contributed by atoms with Crippen molar-refractivity contribution in [2.75, 3.05) is 26.7 Å². The summed E-state index contributed by atoms with van der Waals surface area (Å²) in [6.45, 7) is 7.54. The molecule has 0 aliphatic carbocycles. The highest BCUT2D eigenvalue weighted by molar-refractivity contribution is 6.35. The van der Waals surface area contributed by atoms with E-state index < -0.39 is 0 Å². The van der Waals surface area contributed by atoms with Crippen LogP contribution >= 0.6 is 23.2 Å². The first kappa shape index (κ1) is 19.4. The van der Waals surface area contributed by atoms with Crippen molar-refractivity contribution in [3.63, 3.8) is 0 Å². The van der Waals surface area contributed by atoms with E-state index in [-0.39, 0.29) is 0 Å². The number of halogens is 2. The van der Waals surface area contributed by atoms with Crippen molar-refractivity contribution in [2.45, 2.75) is 45.2 Å². The molecule has 0 unspecified atom stereocenters. The lowest BCUT2D eigenvalue weighted by Gasteiger charge is -2.35. The number of hydrogen-bond donors (Lipinski definition) is 2. The Morgan fingerprint density at radius 1 is 1.25 bits per heavy atom. The van der Waals surface area contributed by atoms with Crippen LogP contribution in [0.25, 0.3) is 0 Å². The third-order valence-corrected chi connectivity index (χ3v) is 5.26. The fourth-order valence-corrected chi connectivity index (χ4v) is 3.61. The van der Waals surface area contributed by atoms with Crippen LogP contribution in [0.2, 0.25) is 10.0 Å². The fourth-order valence-electron chi connectivity index (χ4n) is 3.03. The monoisotopic (exact) mass is 370 g/mol. The highest BCUT2D eigenvalue weighted by Gasteiger charge is 2.21. The second-order valence-corrected chi connectivity index (χ2v) is 7.31. The molecule has 1 heterocycles. The van der Waals surface area contributed by atoms with Gasteiger partial charge in [0.15, 0.2) is 5.96 Å². The largest absolute Gasteiger partial charge is 0.356 e. The van der Waals surface area contributed by atoms with Gasteiger partial charge >= 0.3 is 0 Å². The van der Waals surface area contributed by atoms with Crippen LogP contribution in [0.15, 0.2) is 23.2 Å². The molecule has 0 aromatic heterocycles. The Morgan fingerprint density at radius 3 is 2.42 bits per heavy atom. The van der Waals surface area contributed by atoms with E-state index in [2.05, 4.69) is 34.4 Å². The first-order valence-corrected chi connectivity index (χ1v) is 9.41. The summed E-state index contributed by atoms with van der Waals surface area (Å²) >= 11 is 12.4. The number of hydrogen-bond acceptors (Lipinski definition) is 2. The van der Waals surface area contributed by atoms with E-state index in [0.717, 1.165) is 50.4 Å². The van der Waals surface area contributed by atoms with E-state index in [0.29, 0.717) is 22.1 Å². The second-order valence-electron chi connectivity index (χ2n) is 6.50. The molecule has 1 aliphatic rings. The van der Waals surface area contributed by atoms with Gasteiger partial charge in [-0.2, -0.15) is 0 Å². The third kappa shape index (κ3) is 5.54. The lowest BCUT2D eigenvalue weighted by molar-refractivity contribution is 0.167. The predicted molar refractivity (Wildman–Crippen MR) is 104 cm³/mol. The van der Waals surface area contributed by atoms with Crippen molar-refractivity contribution in [1.82, 2.24) is 15.5 Å². The minimum Gasteiger partial charge on any atom is -0.356 e. The van der Waals surface area contributed by atoms with Crippen LogP contribution in [0.3, 0.4) is 0 Å². The molecule has 1 saturated heterocycles. The Kier molecular flexibility index (Phi) is 7.66. The van der Waals surface area contributed by atoms with Crippen LogP contribution in [-0.4, -0.2) is 49.6 Å². The smallest absolute Gasteiger partial charge is 0.191 e. The van der Waals surface area contributed by atoms with Gasteiger partial charge in [0, 0.05) is 48.8 Å². The number of likely N-dealkylation sites (tertiary alicyclic amines) is 1. The van der Waals surface area contributed by atoms with Crippen LogP contribution in [0.5, 0.6) is 0 Å². The topological polar surface area (TPSA) is 39.7 Å². The molecule has 0 radical (unpaired) electrons. The summed E-state index contributed by atoms with van der Waals surface area (Å²) in [6.07, 6.45) is 3.06. The summed E-state index contributed by atoms with van der Waals surface area (Å²) in [6, 6.07) is 6.72. The molecule has 1 aliphatic heterocycles. The summed E-state index contributed by atoms with van der Waals surface area (Å²) in [7, 11) is 1.81. The SMILES string of the molecule is CN=C(NCCc1c(Cl)cccc1Cl)NC1CCN(C(C)C)CC1. The number of piperidine rings is 1. The first-order valence-electron chi connectivity index (χ1n) is 8.65. The molecule has 2 N–H and O–H groups in total. The van der Waals surface area contributed by atoms with Gasteiger partial charge in [-0.15, -0.1) is 0 Å². The molecule has 0 amide bonds. The van der Waals surface area contributed by atoms with Gasteiger partial charge in [0.1, 0.15) is 0 Å². The maximum Gasteiger partial charge on any atom is 0.191 e. The Morgan fingerprint density at radius 2 is 1.88 bits per heavy atom. The van der Waals surface area contributed by atoms with E-state index in [1.807, 2.05) is 18.2 Å². The zero-order valence-corrected chi connectivity index (χ0v) is 16.3. The molecule has 1 aromatic carbocycles. The van der Waals surface area contributed by atoms with Gasteiger partial charge in [-0.1, -0.05) is 29.3 Å². The number of nitrogens with zero attached hydrogens (tertiary/aromatic N) is 2. The molecule has 24 heavy (non-hydrogen) atoms. The number of guanidine groups is 1. The lowest BCUT2D eigenvalue weighted by Crippen LogP contribution is -2.50. The molecular formula is C18H28Cl2N4. The van der Waals surface area contributed by atoms with E-state index in [1.54, 1.807) is 7.05 Å². The molecule has 1 aromatic rings. The van der Waals surface area contributed by atoms with Gasteiger partial charge in [0.2, 0.25) is 0 Å². The minimum atomic E-state index is 0.482. The number of rotatable bonds is 5. The minimum absolute atomic E-state index is 0.482. The van der Waals surface area contributed by atoms with Gasteiger partial charge in [-0.25, -0.2) is 0 Å². The molecule has 6 heteroatoms. The Hall–Kier alpha value is -0.970. The zero-order chi connectivity index (χ0) is 17.5. The van der Waals surface area contributed by atoms with Crippen molar-refractivity contribution in [1.29, 1.82) is 0 Å². The summed E-state index contributed by atoms with van der Waals surface area (Å²) < 4.78 is 0. The maximum absolute atomic E-state index is 6.21. The predicted octanol–water partition coefficient (Wildman–Crippen LogP) is 3.57. The second kappa shape index (κ2) is 9.50. The van der Waals surface area contributed by atoms with Gasteiger partial charge < -0.3 is 15.5 Å². The highest BCUT2D eigenvalue weighted by atomic mass is 35.5. The standard InChI is InChI=1S/C18H28Cl2N4/c1-13(2)24-11-8-14(9-12-24)23-18(21-3)22-10-7-15-16(19)5-4-6-17(15)20/h4-6,13-14H,7-12H2,1-3H3,(H2,21,22,23). The normalized spacial score (nSPS) is 17.3. The Bertz CT molecular complexity index is 532. The van der Waals surface area contributed by atoms with Gasteiger partial charge in [0.25, 0.3) is 0 Å². The molecule has 4 nitrogen and oxygen atoms in total. The quantitative estimate of drug-likeness (QED) is 0.614. The fraction of sp³-hybridized carbons (Fsp3) is 0.611. The first-order chi connectivity index (χ1) is 11.5. The lowest BCUT2D eigenvalue weighted by atomic mass is 10.0. The molecule has 0 spiro atoms. The van der Waals surface area contributed by atoms with Crippen LogP contribution in [0, 0.1) is 0 Å². The van der Waals surface area contributed by atoms with Crippen LogP contribution in [-0.2, 0) is 6.42 Å². The van der Waals surface area contributed by atoms with E-state index >= 15 is 0 Å². The summed E-state index contributed by atoms with van der Waals surface area (Å²) in [5.74, 6) is 0.848. The summed E-state index contributed by atoms with van der Waals surface area (Å²) in [4.78, 5) is 6.85. The van der Waals surface area contributed by atoms with Crippen molar-refractivity contribution < 1.29 is 0 Å². The van der Waals surface area contributed by atoms with Crippen LogP contribution < -0.4 is 10.6 Å². The van der Waals surface area contributed by atoms with Crippen molar-refractivity contribution >= 4 is 29.2 Å². The molecule has 0 saturated carbocycles. The van der Waals surface area contributed by atoms with Crippen LogP contribution in [0.4, 0.5) is 0 Å². The molecule has 2 rings (SSSR count). The maximum atomic E-state index is 6.21. The molecule has 1 fully saturated rings. The van der Waals surface area contributed by atoms with Gasteiger partial charge in [-0.3, -0.25) is 4.99 Å². The third-order valence-electron chi connectivity index (χ3n) is 4.55. The Labute approximate surface area is 155 Å². The number of aliphatic imine (C=N–C) groups is 1. The average Bonchev–Trinajstić information content (AvgIpc) is 2.57. The van der Waals surface area contributed by atoms with E-state index in [1.165, 1.54) is 0 Å². The van der Waals surface area contributed by atoms with Crippen LogP contribution in [0.1, 0.15) is 32.3 Å². The van der Waals surface area contributed by atoms with Crippen molar-refractivity contribution in [3.8, 4) is 0 Å². The summed E-state index contributed by atoms with van der Waals surface area (Å²) in [5.41, 5.74) is 0.981. The van der Waals surface area contributed by atoms with Crippen molar-refractivity contribution in [3.05, 3.63) is 33.8 Å². The molecular weight excluding hydrogens is 343 g/mol. The molecule has 0 atom stereocenters. The Balaban J connectivity index is 1.77. The van der Waals surface area contributed by atoms with E-state index in [9.17, 15) is 0 Å². The average molecular weight is 371 g/mol. The highest BCUT2D eigenvalue weighted by Crippen LogP contribution is 2.24. The van der Waals surface area contributed by atoms with Gasteiger partial charge in [0.05, 0.1) is 0 Å². The number of nitrogens with one attached hydrogen (secondary N) is 2. The molecule has 134 valence electrons. The summed E-state index contributed by atoms with van der Waals surface area (Å²) in [5, 5.41) is 8.32. The molecule has 0 bridgehead atoms. The van der Waals surface area contributed by atoms with E-state index in [4.69, 9.17) is 23.2 Å². The zero-order valence-electron chi connectivity index (χ0n) is 14.8. The number of benzene rings is 1. The van der Waals surface area contributed by atoms with Gasteiger partial charge in [-0.05, 0) is 50.8 Å².